The third-order valence-electron chi connectivity index (χ3n) is 3.06. The van der Waals surface area contributed by atoms with Crippen LogP contribution in [0.5, 0.6) is 0 Å². The molecular formula is C14H23ClN2O. The highest BCUT2D eigenvalue weighted by Gasteiger charge is 2.08. The quantitative estimate of drug-likeness (QED) is 0.749. The van der Waals surface area contributed by atoms with Crippen LogP contribution in [0.3, 0.4) is 0 Å². The second-order valence-electron chi connectivity index (χ2n) is 4.71. The van der Waals surface area contributed by atoms with E-state index in [0.717, 1.165) is 42.1 Å². The molecule has 0 aliphatic heterocycles. The van der Waals surface area contributed by atoms with Gasteiger partial charge in [-0.25, -0.2) is 0 Å². The van der Waals surface area contributed by atoms with Crippen LogP contribution in [0.2, 0.25) is 5.02 Å². The van der Waals surface area contributed by atoms with Gasteiger partial charge in [0.15, 0.2) is 0 Å². The number of aliphatic hydroxyl groups excluding tert-OH is 1. The van der Waals surface area contributed by atoms with Gasteiger partial charge in [0.1, 0.15) is 0 Å². The summed E-state index contributed by atoms with van der Waals surface area (Å²) >= 11 is 6.27. The molecule has 0 saturated heterocycles. The van der Waals surface area contributed by atoms with Gasteiger partial charge in [0.25, 0.3) is 0 Å². The Balaban J connectivity index is 2.60. The lowest BCUT2D eigenvalue weighted by Crippen LogP contribution is -2.19. The zero-order valence-corrected chi connectivity index (χ0v) is 12.0. The fraction of sp³-hybridized carbons (Fsp3) is 0.571. The molecule has 1 aromatic carbocycles. The van der Waals surface area contributed by atoms with Crippen molar-refractivity contribution in [2.45, 2.75) is 32.2 Å². The fourth-order valence-corrected chi connectivity index (χ4v) is 2.21. The average molecular weight is 271 g/mol. The van der Waals surface area contributed by atoms with Gasteiger partial charge in [-0.3, -0.25) is 0 Å². The lowest BCUT2D eigenvalue weighted by Gasteiger charge is -2.21. The fourth-order valence-electron chi connectivity index (χ4n) is 1.87. The summed E-state index contributed by atoms with van der Waals surface area (Å²) in [4.78, 5) is 2.14. The SMILES string of the molecule is CC(N)c1ccc(N(C)CCCCCO)c(Cl)c1. The minimum absolute atomic E-state index is 0.00594. The number of nitrogens with zero attached hydrogens (tertiary/aromatic N) is 1. The van der Waals surface area contributed by atoms with Gasteiger partial charge < -0.3 is 15.7 Å². The molecule has 1 atom stereocenters. The van der Waals surface area contributed by atoms with Crippen molar-refractivity contribution in [2.24, 2.45) is 5.73 Å². The first-order valence-corrected chi connectivity index (χ1v) is 6.81. The van der Waals surface area contributed by atoms with Crippen LogP contribution >= 0.6 is 11.6 Å². The molecule has 3 N–H and O–H groups in total. The topological polar surface area (TPSA) is 49.5 Å². The molecule has 0 saturated carbocycles. The normalized spacial score (nSPS) is 12.5. The molecule has 102 valence electrons. The van der Waals surface area contributed by atoms with E-state index >= 15 is 0 Å². The summed E-state index contributed by atoms with van der Waals surface area (Å²) in [5, 5.41) is 9.47. The van der Waals surface area contributed by atoms with Gasteiger partial charge in [-0.1, -0.05) is 17.7 Å². The number of aliphatic hydroxyl groups is 1. The van der Waals surface area contributed by atoms with Gasteiger partial charge in [0.05, 0.1) is 10.7 Å². The number of anilines is 1. The zero-order valence-electron chi connectivity index (χ0n) is 11.2. The van der Waals surface area contributed by atoms with Crippen molar-refractivity contribution in [1.29, 1.82) is 0 Å². The van der Waals surface area contributed by atoms with Crippen LogP contribution in [0.15, 0.2) is 18.2 Å². The monoisotopic (exact) mass is 270 g/mol. The van der Waals surface area contributed by atoms with Gasteiger partial charge in [-0.15, -0.1) is 0 Å². The summed E-state index contributed by atoms with van der Waals surface area (Å²) in [6.07, 6.45) is 2.96. The van der Waals surface area contributed by atoms with E-state index < -0.39 is 0 Å². The number of hydrogen-bond acceptors (Lipinski definition) is 3. The van der Waals surface area contributed by atoms with Crippen molar-refractivity contribution in [3.05, 3.63) is 28.8 Å². The molecule has 1 unspecified atom stereocenters. The molecule has 0 radical (unpaired) electrons. The van der Waals surface area contributed by atoms with Gasteiger partial charge in [-0.2, -0.15) is 0 Å². The standard InChI is InChI=1S/C14H23ClN2O/c1-11(16)12-6-7-14(13(15)10-12)17(2)8-4-3-5-9-18/h6-7,10-11,18H,3-5,8-9,16H2,1-2H3. The highest BCUT2D eigenvalue weighted by atomic mass is 35.5. The predicted molar refractivity (Wildman–Crippen MR) is 78.3 cm³/mol. The Bertz CT molecular complexity index is 369. The Labute approximate surface area is 115 Å². The van der Waals surface area contributed by atoms with Crippen LogP contribution in [0, 0.1) is 0 Å². The largest absolute Gasteiger partial charge is 0.396 e. The Kier molecular flexibility index (Phi) is 6.47. The molecule has 0 fully saturated rings. The summed E-state index contributed by atoms with van der Waals surface area (Å²) in [6, 6.07) is 5.99. The smallest absolute Gasteiger partial charge is 0.0642 e. The van der Waals surface area contributed by atoms with Crippen molar-refractivity contribution in [3.63, 3.8) is 0 Å². The van der Waals surface area contributed by atoms with Gasteiger partial charge in [0, 0.05) is 26.2 Å². The van der Waals surface area contributed by atoms with E-state index in [2.05, 4.69) is 4.90 Å². The lowest BCUT2D eigenvalue weighted by molar-refractivity contribution is 0.283. The molecule has 0 aromatic heterocycles. The number of halogens is 1. The van der Waals surface area contributed by atoms with Crippen LogP contribution in [-0.2, 0) is 0 Å². The van der Waals surface area contributed by atoms with Crippen molar-refractivity contribution in [1.82, 2.24) is 0 Å². The van der Waals surface area contributed by atoms with Gasteiger partial charge in [0.2, 0.25) is 0 Å². The Hall–Kier alpha value is -0.770. The Morgan fingerprint density at radius 1 is 1.33 bits per heavy atom. The molecule has 0 bridgehead atoms. The van der Waals surface area contributed by atoms with Crippen LogP contribution in [0.25, 0.3) is 0 Å². The molecular weight excluding hydrogens is 248 g/mol. The highest BCUT2D eigenvalue weighted by Crippen LogP contribution is 2.28. The van der Waals surface area contributed by atoms with Crippen molar-refractivity contribution < 1.29 is 5.11 Å². The first kappa shape index (κ1) is 15.3. The highest BCUT2D eigenvalue weighted by molar-refractivity contribution is 6.33. The number of rotatable bonds is 7. The maximum absolute atomic E-state index is 8.73. The molecule has 4 heteroatoms. The molecule has 18 heavy (non-hydrogen) atoms. The van der Waals surface area contributed by atoms with E-state index in [0.29, 0.717) is 0 Å². The third-order valence-corrected chi connectivity index (χ3v) is 3.36. The molecule has 0 aliphatic carbocycles. The third kappa shape index (κ3) is 4.48. The number of benzene rings is 1. The zero-order chi connectivity index (χ0) is 13.5. The first-order chi connectivity index (χ1) is 8.56. The van der Waals surface area contributed by atoms with Crippen LogP contribution in [-0.4, -0.2) is 25.3 Å². The van der Waals surface area contributed by atoms with E-state index in [1.807, 2.05) is 32.2 Å². The number of unbranched alkanes of at least 4 members (excludes halogenated alkanes) is 2. The number of nitrogens with two attached hydrogens (primary N) is 1. The predicted octanol–water partition coefficient (Wildman–Crippen LogP) is 2.96. The van der Waals surface area contributed by atoms with E-state index in [1.165, 1.54) is 0 Å². The van der Waals surface area contributed by atoms with Gasteiger partial charge >= 0.3 is 0 Å². The Morgan fingerprint density at radius 2 is 2.06 bits per heavy atom. The van der Waals surface area contributed by atoms with Gasteiger partial charge in [-0.05, 0) is 43.9 Å². The minimum atomic E-state index is 0.00594. The van der Waals surface area contributed by atoms with E-state index in [4.69, 9.17) is 22.4 Å². The molecule has 0 heterocycles. The summed E-state index contributed by atoms with van der Waals surface area (Å²) in [5.41, 5.74) is 7.91. The molecule has 0 amide bonds. The summed E-state index contributed by atoms with van der Waals surface area (Å²) < 4.78 is 0. The average Bonchev–Trinajstić information content (AvgIpc) is 2.34. The second-order valence-corrected chi connectivity index (χ2v) is 5.11. The maximum Gasteiger partial charge on any atom is 0.0642 e. The molecule has 3 nitrogen and oxygen atoms in total. The summed E-state index contributed by atoms with van der Waals surface area (Å²) in [6.45, 7) is 3.16. The summed E-state index contributed by atoms with van der Waals surface area (Å²) in [5.74, 6) is 0. The van der Waals surface area contributed by atoms with Crippen molar-refractivity contribution >= 4 is 17.3 Å². The molecule has 1 aromatic rings. The van der Waals surface area contributed by atoms with Crippen LogP contribution < -0.4 is 10.6 Å². The molecule has 1 rings (SSSR count). The van der Waals surface area contributed by atoms with Crippen molar-refractivity contribution in [2.75, 3.05) is 25.1 Å². The van der Waals surface area contributed by atoms with Crippen LogP contribution in [0.1, 0.15) is 37.8 Å². The van der Waals surface area contributed by atoms with Crippen molar-refractivity contribution in [3.8, 4) is 0 Å². The summed E-state index contributed by atoms with van der Waals surface area (Å²) in [7, 11) is 2.03. The number of hydrogen-bond donors (Lipinski definition) is 2. The minimum Gasteiger partial charge on any atom is -0.396 e. The Morgan fingerprint density at radius 3 is 2.61 bits per heavy atom. The second kappa shape index (κ2) is 7.62. The first-order valence-electron chi connectivity index (χ1n) is 6.43. The lowest BCUT2D eigenvalue weighted by atomic mass is 10.1. The molecule has 0 spiro atoms. The van der Waals surface area contributed by atoms with E-state index in [9.17, 15) is 0 Å². The van der Waals surface area contributed by atoms with E-state index in [-0.39, 0.29) is 12.6 Å². The van der Waals surface area contributed by atoms with Crippen LogP contribution in [0.4, 0.5) is 5.69 Å². The maximum atomic E-state index is 8.73. The van der Waals surface area contributed by atoms with E-state index in [1.54, 1.807) is 0 Å². The molecule has 0 aliphatic rings.